The topological polar surface area (TPSA) is 122 Å². The van der Waals surface area contributed by atoms with Crippen LogP contribution in [0.2, 0.25) is 5.02 Å². The first-order valence-corrected chi connectivity index (χ1v) is 8.86. The first kappa shape index (κ1) is 21.0. The van der Waals surface area contributed by atoms with Crippen molar-refractivity contribution >= 4 is 40.4 Å². The molecule has 3 aromatic rings. The summed E-state index contributed by atoms with van der Waals surface area (Å²) < 4.78 is 20.5. The second-order valence-corrected chi connectivity index (χ2v) is 6.49. The smallest absolute Gasteiger partial charge is 0.347 e. The van der Waals surface area contributed by atoms with E-state index in [0.29, 0.717) is 5.02 Å². The standard InChI is InChI=1S/C20H14ClNO8/c1-9(23)27-16-6-12(7-17(28-10(2)24)18(16)29-11(3)25)19-22-15-8-13(21)4-5-14(15)20(26)30-19/h4-8H,1-3H3. The Morgan fingerprint density at radius 2 is 1.47 bits per heavy atom. The Bertz CT molecular complexity index is 1210. The number of hydrogen-bond acceptors (Lipinski definition) is 9. The van der Waals surface area contributed by atoms with Crippen LogP contribution in [0.15, 0.2) is 39.5 Å². The summed E-state index contributed by atoms with van der Waals surface area (Å²) in [5.41, 5.74) is -0.294. The third-order valence-corrected chi connectivity index (χ3v) is 3.85. The summed E-state index contributed by atoms with van der Waals surface area (Å²) in [5.74, 6) is -3.12. The minimum absolute atomic E-state index is 0.123. The molecule has 0 aliphatic carbocycles. The van der Waals surface area contributed by atoms with Crippen molar-refractivity contribution in [3.63, 3.8) is 0 Å². The van der Waals surface area contributed by atoms with Gasteiger partial charge in [0.15, 0.2) is 11.5 Å². The van der Waals surface area contributed by atoms with Crippen molar-refractivity contribution in [3.05, 3.63) is 45.8 Å². The van der Waals surface area contributed by atoms with Crippen molar-refractivity contribution in [2.45, 2.75) is 20.8 Å². The van der Waals surface area contributed by atoms with Crippen LogP contribution in [0.25, 0.3) is 22.4 Å². The second kappa shape index (κ2) is 8.34. The zero-order chi connectivity index (χ0) is 22.0. The molecule has 0 radical (unpaired) electrons. The molecule has 10 heteroatoms. The first-order chi connectivity index (χ1) is 14.1. The van der Waals surface area contributed by atoms with Crippen LogP contribution in [0.5, 0.6) is 17.2 Å². The number of rotatable bonds is 4. The fourth-order valence-electron chi connectivity index (χ4n) is 2.57. The summed E-state index contributed by atoms with van der Waals surface area (Å²) in [4.78, 5) is 51.1. The summed E-state index contributed by atoms with van der Waals surface area (Å²) >= 11 is 5.97. The van der Waals surface area contributed by atoms with E-state index in [1.165, 1.54) is 30.3 Å². The number of fused-ring (bicyclic) bond motifs is 1. The highest BCUT2D eigenvalue weighted by Crippen LogP contribution is 2.42. The molecule has 0 amide bonds. The van der Waals surface area contributed by atoms with Crippen LogP contribution in [0.4, 0.5) is 0 Å². The molecule has 3 rings (SSSR count). The summed E-state index contributed by atoms with van der Waals surface area (Å²) in [7, 11) is 0. The molecule has 1 heterocycles. The Hall–Kier alpha value is -3.72. The van der Waals surface area contributed by atoms with E-state index in [1.54, 1.807) is 0 Å². The number of aromatic nitrogens is 1. The van der Waals surface area contributed by atoms with Crippen LogP contribution in [0.1, 0.15) is 20.8 Å². The molecule has 0 unspecified atom stereocenters. The Labute approximate surface area is 174 Å². The van der Waals surface area contributed by atoms with Crippen LogP contribution >= 0.6 is 11.6 Å². The number of benzene rings is 2. The van der Waals surface area contributed by atoms with E-state index in [-0.39, 0.29) is 39.6 Å². The number of carbonyl (C=O) groups is 3. The lowest BCUT2D eigenvalue weighted by atomic mass is 10.1. The van der Waals surface area contributed by atoms with Crippen molar-refractivity contribution in [3.8, 4) is 28.7 Å². The zero-order valence-electron chi connectivity index (χ0n) is 16.0. The predicted octanol–water partition coefficient (Wildman–Crippen LogP) is 3.28. The van der Waals surface area contributed by atoms with Crippen molar-refractivity contribution in [1.82, 2.24) is 4.98 Å². The Morgan fingerprint density at radius 1 is 0.900 bits per heavy atom. The molecule has 0 saturated heterocycles. The van der Waals surface area contributed by atoms with Gasteiger partial charge in [-0.25, -0.2) is 9.78 Å². The molecule has 2 aromatic carbocycles. The average Bonchev–Trinajstić information content (AvgIpc) is 2.62. The van der Waals surface area contributed by atoms with Crippen molar-refractivity contribution in [2.24, 2.45) is 0 Å². The van der Waals surface area contributed by atoms with Gasteiger partial charge in [0.05, 0.1) is 10.9 Å². The van der Waals surface area contributed by atoms with Crippen LogP contribution in [-0.2, 0) is 14.4 Å². The molecule has 0 fully saturated rings. The summed E-state index contributed by atoms with van der Waals surface area (Å²) in [6.07, 6.45) is 0. The van der Waals surface area contributed by atoms with Gasteiger partial charge in [0.1, 0.15) is 0 Å². The van der Waals surface area contributed by atoms with Gasteiger partial charge in [0.25, 0.3) is 0 Å². The largest absolute Gasteiger partial charge is 0.423 e. The van der Waals surface area contributed by atoms with Crippen molar-refractivity contribution < 1.29 is 33.0 Å². The molecule has 0 saturated carbocycles. The van der Waals surface area contributed by atoms with Crippen LogP contribution in [-0.4, -0.2) is 22.9 Å². The van der Waals surface area contributed by atoms with Gasteiger partial charge in [-0.3, -0.25) is 14.4 Å². The Kier molecular flexibility index (Phi) is 5.84. The van der Waals surface area contributed by atoms with E-state index in [4.69, 9.17) is 30.2 Å². The Balaban J connectivity index is 2.27. The number of carbonyl (C=O) groups excluding carboxylic acids is 3. The van der Waals surface area contributed by atoms with Gasteiger partial charge in [-0.15, -0.1) is 0 Å². The second-order valence-electron chi connectivity index (χ2n) is 6.05. The van der Waals surface area contributed by atoms with Gasteiger partial charge in [-0.1, -0.05) is 11.6 Å². The van der Waals surface area contributed by atoms with Gasteiger partial charge in [-0.2, -0.15) is 0 Å². The van der Waals surface area contributed by atoms with Gasteiger partial charge in [0, 0.05) is 31.4 Å². The lowest BCUT2D eigenvalue weighted by molar-refractivity contribution is -0.135. The minimum atomic E-state index is -0.741. The summed E-state index contributed by atoms with van der Waals surface area (Å²) in [6, 6.07) is 6.99. The van der Waals surface area contributed by atoms with Crippen LogP contribution in [0.3, 0.4) is 0 Å². The van der Waals surface area contributed by atoms with Crippen molar-refractivity contribution in [1.29, 1.82) is 0 Å². The number of ether oxygens (including phenoxy) is 3. The van der Waals surface area contributed by atoms with E-state index in [1.807, 2.05) is 0 Å². The molecular weight excluding hydrogens is 418 g/mol. The van der Waals surface area contributed by atoms with E-state index in [2.05, 4.69) is 4.98 Å². The molecule has 0 N–H and O–H groups in total. The third kappa shape index (κ3) is 4.64. The molecule has 9 nitrogen and oxygen atoms in total. The molecule has 0 spiro atoms. The summed E-state index contributed by atoms with van der Waals surface area (Å²) in [5, 5.41) is 0.568. The molecule has 1 aromatic heterocycles. The molecule has 0 atom stereocenters. The summed E-state index contributed by atoms with van der Waals surface area (Å²) in [6.45, 7) is 3.38. The number of nitrogens with zero attached hydrogens (tertiary/aromatic N) is 1. The quantitative estimate of drug-likeness (QED) is 0.452. The number of hydrogen-bond donors (Lipinski definition) is 0. The fraction of sp³-hybridized carbons (Fsp3) is 0.150. The normalized spacial score (nSPS) is 10.5. The third-order valence-electron chi connectivity index (χ3n) is 3.61. The van der Waals surface area contributed by atoms with Gasteiger partial charge < -0.3 is 18.6 Å². The van der Waals surface area contributed by atoms with E-state index in [9.17, 15) is 19.2 Å². The highest BCUT2D eigenvalue weighted by molar-refractivity contribution is 6.31. The molecule has 154 valence electrons. The molecule has 0 aliphatic rings. The fourth-order valence-corrected chi connectivity index (χ4v) is 2.74. The number of esters is 3. The van der Waals surface area contributed by atoms with E-state index >= 15 is 0 Å². The van der Waals surface area contributed by atoms with Gasteiger partial charge in [0.2, 0.25) is 11.6 Å². The lowest BCUT2D eigenvalue weighted by Gasteiger charge is -2.14. The molecular formula is C20H14ClNO8. The van der Waals surface area contributed by atoms with E-state index in [0.717, 1.165) is 20.8 Å². The zero-order valence-corrected chi connectivity index (χ0v) is 16.7. The first-order valence-electron chi connectivity index (χ1n) is 8.48. The van der Waals surface area contributed by atoms with E-state index < -0.39 is 23.5 Å². The number of halogens is 1. The maximum absolute atomic E-state index is 12.3. The van der Waals surface area contributed by atoms with Gasteiger partial charge >= 0.3 is 23.5 Å². The maximum atomic E-state index is 12.3. The van der Waals surface area contributed by atoms with Crippen molar-refractivity contribution in [2.75, 3.05) is 0 Å². The Morgan fingerprint density at radius 3 is 2.00 bits per heavy atom. The lowest BCUT2D eigenvalue weighted by Crippen LogP contribution is -2.11. The van der Waals surface area contributed by atoms with Crippen LogP contribution in [0, 0.1) is 0 Å². The molecule has 30 heavy (non-hydrogen) atoms. The molecule has 0 bridgehead atoms. The van der Waals surface area contributed by atoms with Crippen LogP contribution < -0.4 is 19.8 Å². The predicted molar refractivity (Wildman–Crippen MR) is 105 cm³/mol. The average molecular weight is 432 g/mol. The maximum Gasteiger partial charge on any atom is 0.347 e. The SMILES string of the molecule is CC(=O)Oc1cc(-c2nc3cc(Cl)ccc3c(=O)o2)cc(OC(C)=O)c1OC(C)=O. The highest BCUT2D eigenvalue weighted by Gasteiger charge is 2.22. The van der Waals surface area contributed by atoms with Gasteiger partial charge in [-0.05, 0) is 30.3 Å². The minimum Gasteiger partial charge on any atom is -0.423 e. The molecule has 0 aliphatic heterocycles. The monoisotopic (exact) mass is 431 g/mol. The highest BCUT2D eigenvalue weighted by atomic mass is 35.5.